The molecule has 32 heteroatoms. The molecular weight excluding hydrogens is 985 g/mol. The van der Waals surface area contributed by atoms with Gasteiger partial charge in [-0.1, -0.05) is 0 Å². The summed E-state index contributed by atoms with van der Waals surface area (Å²) < 4.78 is 120. The smallest absolute Gasteiger partial charge is 0.297 e. The van der Waals surface area contributed by atoms with E-state index in [0.717, 1.165) is 48.5 Å². The predicted molar refractivity (Wildman–Crippen MR) is 233 cm³/mol. The van der Waals surface area contributed by atoms with Crippen LogP contribution in [0.1, 0.15) is 10.5 Å². The van der Waals surface area contributed by atoms with Gasteiger partial charge in [0.1, 0.15) is 73.6 Å². The summed E-state index contributed by atoms with van der Waals surface area (Å²) in [6.07, 6.45) is 0. The first-order valence-corrected chi connectivity index (χ1v) is 23.0. The third-order valence-corrected chi connectivity index (χ3v) is 11.7. The number of aliphatic hydroxyl groups is 2. The van der Waals surface area contributed by atoms with Crippen molar-refractivity contribution in [3.8, 4) is 34.6 Å². The van der Waals surface area contributed by atoms with Crippen molar-refractivity contribution in [2.45, 2.75) is 14.7 Å². The molecule has 0 aliphatic rings. The van der Waals surface area contributed by atoms with Crippen molar-refractivity contribution in [2.24, 2.45) is 36.4 Å². The second kappa shape index (κ2) is 20.0. The normalized spacial score (nSPS) is 12.4. The van der Waals surface area contributed by atoms with Crippen LogP contribution in [-0.2, 0) is 30.4 Å². The molecule has 29 nitrogen and oxygen atoms in total. The van der Waals surface area contributed by atoms with Gasteiger partial charge in [-0.05, 0) is 47.9 Å². The average molecular weight is 1020 g/mol. The van der Waals surface area contributed by atoms with Crippen LogP contribution in [-0.4, -0.2) is 113 Å². The van der Waals surface area contributed by atoms with Crippen LogP contribution in [0.4, 0.5) is 39.8 Å². The van der Waals surface area contributed by atoms with E-state index in [0.29, 0.717) is 10.7 Å². The maximum Gasteiger partial charge on any atom is 0.297 e. The summed E-state index contributed by atoms with van der Waals surface area (Å²) in [5.74, 6) is -3.60. The van der Waals surface area contributed by atoms with E-state index in [2.05, 4.69) is 35.8 Å². The number of carbonyl (C=O) groups is 1. The molecule has 1 aromatic heterocycles. The lowest BCUT2D eigenvalue weighted by atomic mass is 10.1. The lowest BCUT2D eigenvalue weighted by Gasteiger charge is -2.13. The van der Waals surface area contributed by atoms with E-state index in [9.17, 15) is 74.2 Å². The van der Waals surface area contributed by atoms with E-state index in [1.165, 1.54) is 25.3 Å². The van der Waals surface area contributed by atoms with Crippen molar-refractivity contribution in [2.75, 3.05) is 33.5 Å². The number of methoxy groups -OCH3 is 1. The second-order valence-electron chi connectivity index (χ2n) is 13.5. The van der Waals surface area contributed by atoms with Gasteiger partial charge in [0.25, 0.3) is 41.9 Å². The fourth-order valence-corrected chi connectivity index (χ4v) is 7.91. The molecule has 0 spiro atoms. The number of aliphatic hydroxyl groups excluding tert-OH is 2. The van der Waals surface area contributed by atoms with Crippen molar-refractivity contribution < 1.29 is 83.3 Å². The highest BCUT2D eigenvalue weighted by Crippen LogP contribution is 2.46. The fourth-order valence-electron chi connectivity index (χ4n) is 5.97. The molecule has 362 valence electrons. The van der Waals surface area contributed by atoms with Gasteiger partial charge in [0, 0.05) is 35.7 Å². The third kappa shape index (κ3) is 11.2. The van der Waals surface area contributed by atoms with Crippen molar-refractivity contribution in [1.82, 2.24) is 9.78 Å². The number of aromatic nitrogens is 2. The number of fused-ring (bicyclic) bond motifs is 1. The minimum Gasteiger partial charge on any atom is -0.505 e. The first kappa shape index (κ1) is 50.3. The van der Waals surface area contributed by atoms with E-state index in [1.807, 2.05) is 0 Å². The van der Waals surface area contributed by atoms with Crippen LogP contribution in [0.3, 0.4) is 0 Å². The van der Waals surface area contributed by atoms with Gasteiger partial charge in [0.2, 0.25) is 5.88 Å². The summed E-state index contributed by atoms with van der Waals surface area (Å²) >= 11 is 0. The quantitative estimate of drug-likeness (QED) is 0.0224. The Morgan fingerprint density at radius 3 is 1.75 bits per heavy atom. The van der Waals surface area contributed by atoms with Crippen LogP contribution in [0, 0.1) is 10.1 Å². The van der Waals surface area contributed by atoms with Crippen LogP contribution in [0.2, 0.25) is 0 Å². The zero-order valence-electron chi connectivity index (χ0n) is 34.6. The average Bonchev–Trinajstić information content (AvgIpc) is 3.63. The Balaban J connectivity index is 1.44. The molecular formula is C37H32N10O19S3. The molecule has 1 amide bonds. The van der Waals surface area contributed by atoms with Gasteiger partial charge in [0.15, 0.2) is 17.1 Å². The zero-order valence-corrected chi connectivity index (χ0v) is 37.1. The highest BCUT2D eigenvalue weighted by Gasteiger charge is 2.27. The largest absolute Gasteiger partial charge is 0.505 e. The number of primary amides is 1. The summed E-state index contributed by atoms with van der Waals surface area (Å²) in [6.45, 7) is -1.82. The summed E-state index contributed by atoms with van der Waals surface area (Å²) in [5.41, 5.74) is 0.581. The maximum atomic E-state index is 12.8. The molecule has 0 atom stereocenters. The Kier molecular flexibility index (Phi) is 14.6. The number of ether oxygens (including phenoxy) is 3. The zero-order chi connectivity index (χ0) is 50.6. The van der Waals surface area contributed by atoms with Gasteiger partial charge in [-0.15, -0.1) is 30.7 Å². The first-order chi connectivity index (χ1) is 32.5. The number of azo groups is 3. The molecule has 69 heavy (non-hydrogen) atoms. The molecule has 0 fully saturated rings. The van der Waals surface area contributed by atoms with Crippen LogP contribution in [0.25, 0.3) is 16.5 Å². The van der Waals surface area contributed by atoms with Crippen molar-refractivity contribution >= 4 is 86.8 Å². The van der Waals surface area contributed by atoms with Gasteiger partial charge in [-0.3, -0.25) is 28.6 Å². The van der Waals surface area contributed by atoms with E-state index in [-0.39, 0.29) is 64.0 Å². The number of rotatable bonds is 19. The number of aromatic hydroxyl groups is 2. The summed E-state index contributed by atoms with van der Waals surface area (Å²) in [6, 6.07) is 12.0. The first-order valence-electron chi connectivity index (χ1n) is 18.7. The lowest BCUT2D eigenvalue weighted by molar-refractivity contribution is -0.385. The number of nitro benzene ring substituents is 1. The van der Waals surface area contributed by atoms with Crippen LogP contribution < -0.4 is 19.9 Å². The molecule has 0 aliphatic heterocycles. The predicted octanol–water partition coefficient (Wildman–Crippen LogP) is 5.18. The number of hydrogen-bond donors (Lipinski definition) is 8. The Hall–Kier alpha value is -8.11. The Morgan fingerprint density at radius 2 is 1.22 bits per heavy atom. The number of nitrogens with two attached hydrogens (primary N) is 1. The van der Waals surface area contributed by atoms with Crippen molar-refractivity contribution in [3.05, 3.63) is 88.6 Å². The Labute approximate surface area is 386 Å². The number of amides is 1. The summed E-state index contributed by atoms with van der Waals surface area (Å²) in [5, 5.41) is 79.3. The number of nitro groups is 1. The molecule has 0 unspecified atom stereocenters. The van der Waals surface area contributed by atoms with Crippen molar-refractivity contribution in [1.29, 1.82) is 0 Å². The molecule has 5 aromatic carbocycles. The van der Waals surface area contributed by atoms with Crippen LogP contribution >= 0.6 is 0 Å². The number of benzene rings is 5. The molecule has 0 aliphatic carbocycles. The monoisotopic (exact) mass is 1020 g/mol. The molecule has 0 saturated heterocycles. The maximum absolute atomic E-state index is 12.8. The van der Waals surface area contributed by atoms with Gasteiger partial charge >= 0.3 is 0 Å². The molecule has 6 rings (SSSR count). The Bertz CT molecular complexity index is 3490. The van der Waals surface area contributed by atoms with Crippen molar-refractivity contribution in [3.63, 3.8) is 0 Å². The molecule has 0 bridgehead atoms. The van der Waals surface area contributed by atoms with E-state index >= 15 is 0 Å². The minimum atomic E-state index is -5.29. The highest BCUT2D eigenvalue weighted by molar-refractivity contribution is 7.86. The van der Waals surface area contributed by atoms with E-state index < -0.39 is 109 Å². The molecule has 0 saturated carbocycles. The van der Waals surface area contributed by atoms with Gasteiger partial charge in [-0.25, -0.2) is 0 Å². The van der Waals surface area contributed by atoms with E-state index in [1.54, 1.807) is 0 Å². The number of phenols is 1. The highest BCUT2D eigenvalue weighted by atomic mass is 32.2. The lowest BCUT2D eigenvalue weighted by Crippen LogP contribution is -2.12. The molecule has 6 aromatic rings. The number of carbonyl (C=O) groups excluding carboxylic acids is 1. The van der Waals surface area contributed by atoms with E-state index in [4.69, 9.17) is 19.9 Å². The minimum absolute atomic E-state index is 0.0558. The third-order valence-electron chi connectivity index (χ3n) is 9.02. The van der Waals surface area contributed by atoms with Gasteiger partial charge in [0.05, 0.1) is 30.9 Å². The topological polar surface area (TPSA) is 450 Å². The SMILES string of the molecule is COc1ccc(/N=N/c2cc(OCCO)c(/N=N/c3c(S(=O)(=O)O)cc4cc(-n5nc(C(N)=O)c(/N=N/c6ccc([N+](=O)[O-])cc6S(=O)(=O)O)c5O)ccc4c3O)cc2OCCO)c(S(=O)(=O)O)c1. The number of hydrogen-bond acceptors (Lipinski definition) is 23. The number of nitrogens with zero attached hydrogens (tertiary/aromatic N) is 9. The molecule has 9 N–H and O–H groups in total. The van der Waals surface area contributed by atoms with Gasteiger partial charge < -0.3 is 40.4 Å². The number of non-ortho nitro benzene ring substituents is 1. The Morgan fingerprint density at radius 1 is 0.696 bits per heavy atom. The fraction of sp³-hybridized carbons (Fsp3) is 0.135. The molecule has 0 radical (unpaired) electrons. The molecule has 1 heterocycles. The second-order valence-corrected chi connectivity index (χ2v) is 17.6. The van der Waals surface area contributed by atoms with Crippen LogP contribution in [0.15, 0.2) is 118 Å². The standard InChI is InChI=1S/C37H32N10O19S3/c1-64-21-4-7-24(30(15-21)68(58,59)60)39-41-25-16-28(66-11-9-49)26(17-27(25)65-10-8-48)42-43-32-31(69(61,62)63)13-18-12-19(2-5-22(18)35(32)50)46-37(52)34(33(45-46)36(38)51)44-40-23-6-3-20(47(53)54)14-29(23)67(55,56)57/h2-7,12-17,48-50,52H,8-11H2,1H3,(H2,38,51)(H,55,56,57)(H,58,59,60)(H,61,62,63)/b41-39+,43-42+,44-40+. The summed E-state index contributed by atoms with van der Waals surface area (Å²) in [4.78, 5) is 19.8. The summed E-state index contributed by atoms with van der Waals surface area (Å²) in [7, 11) is -14.0. The number of phenolic OH excluding ortho intramolecular Hbond substituents is 1. The van der Waals surface area contributed by atoms with Crippen LogP contribution in [0.5, 0.6) is 28.9 Å². The van der Waals surface area contributed by atoms with Gasteiger partial charge in [-0.2, -0.15) is 35.0 Å².